The van der Waals surface area contributed by atoms with Crippen molar-refractivity contribution in [1.29, 1.82) is 0 Å². The highest BCUT2D eigenvalue weighted by molar-refractivity contribution is 7.22. The molecule has 0 saturated carbocycles. The Bertz CT molecular complexity index is 1080. The smallest absolute Gasteiger partial charge is 0.255 e. The van der Waals surface area contributed by atoms with Crippen LogP contribution in [-0.2, 0) is 9.53 Å². The van der Waals surface area contributed by atoms with Gasteiger partial charge in [-0.2, -0.15) is 0 Å². The molecule has 2 aromatic carbocycles. The fourth-order valence-corrected chi connectivity index (χ4v) is 4.56. The standard InChI is InChI=1S/C22H23N3O3S/c1-12-9-13(2)19(14(3)10-12)24-20(26)15-6-7-16-18(11-15)29-22(23-16)25-21(27)17-5-4-8-28-17/h6-7,9-11,17H,4-5,8H2,1-3H3,(H,24,26)(H,23,25,27). The minimum atomic E-state index is -0.399. The van der Waals surface area contributed by atoms with Crippen molar-refractivity contribution < 1.29 is 14.3 Å². The first kappa shape index (κ1) is 19.5. The SMILES string of the molecule is Cc1cc(C)c(NC(=O)c2ccc3nc(NC(=O)C4CCCO4)sc3c2)c(C)c1. The van der Waals surface area contributed by atoms with Crippen LogP contribution in [0.1, 0.15) is 39.9 Å². The minimum Gasteiger partial charge on any atom is -0.368 e. The zero-order valence-electron chi connectivity index (χ0n) is 16.7. The van der Waals surface area contributed by atoms with Crippen molar-refractivity contribution in [3.63, 3.8) is 0 Å². The number of carbonyl (C=O) groups excluding carboxylic acids is 2. The molecule has 29 heavy (non-hydrogen) atoms. The van der Waals surface area contributed by atoms with E-state index in [0.717, 1.165) is 39.9 Å². The normalized spacial score (nSPS) is 16.2. The summed E-state index contributed by atoms with van der Waals surface area (Å²) in [4.78, 5) is 29.5. The van der Waals surface area contributed by atoms with Crippen LogP contribution < -0.4 is 10.6 Å². The monoisotopic (exact) mass is 409 g/mol. The van der Waals surface area contributed by atoms with Crippen molar-refractivity contribution in [2.24, 2.45) is 0 Å². The third-order valence-corrected chi connectivity index (χ3v) is 5.95. The van der Waals surface area contributed by atoms with Gasteiger partial charge in [0.1, 0.15) is 6.10 Å². The first-order valence-corrected chi connectivity index (χ1v) is 10.4. The lowest BCUT2D eigenvalue weighted by Gasteiger charge is -2.12. The van der Waals surface area contributed by atoms with Crippen LogP contribution in [0.3, 0.4) is 0 Å². The second-order valence-electron chi connectivity index (χ2n) is 7.42. The van der Waals surface area contributed by atoms with Crippen molar-refractivity contribution in [3.05, 3.63) is 52.6 Å². The van der Waals surface area contributed by atoms with Gasteiger partial charge in [0.05, 0.1) is 10.2 Å². The molecule has 1 atom stereocenters. The average molecular weight is 410 g/mol. The number of hydrogen-bond donors (Lipinski definition) is 2. The number of aromatic nitrogens is 1. The predicted molar refractivity (Wildman–Crippen MR) is 116 cm³/mol. The number of nitrogens with zero attached hydrogens (tertiary/aromatic N) is 1. The van der Waals surface area contributed by atoms with E-state index in [2.05, 4.69) is 27.8 Å². The fraction of sp³-hybridized carbons (Fsp3) is 0.318. The van der Waals surface area contributed by atoms with Crippen molar-refractivity contribution >= 4 is 44.2 Å². The molecule has 0 spiro atoms. The Morgan fingerprint density at radius 2 is 1.86 bits per heavy atom. The summed E-state index contributed by atoms with van der Waals surface area (Å²) in [5.74, 6) is -0.329. The molecule has 0 aliphatic carbocycles. The Balaban J connectivity index is 1.52. The van der Waals surface area contributed by atoms with Crippen LogP contribution in [0, 0.1) is 20.8 Å². The summed E-state index contributed by atoms with van der Waals surface area (Å²) in [5, 5.41) is 6.36. The number of fused-ring (bicyclic) bond motifs is 1. The number of carbonyl (C=O) groups is 2. The molecule has 0 bridgehead atoms. The summed E-state index contributed by atoms with van der Waals surface area (Å²) >= 11 is 1.35. The van der Waals surface area contributed by atoms with Crippen LogP contribution in [0.5, 0.6) is 0 Å². The van der Waals surface area contributed by atoms with Gasteiger partial charge in [-0.25, -0.2) is 4.98 Å². The van der Waals surface area contributed by atoms with Gasteiger partial charge in [0.25, 0.3) is 11.8 Å². The molecular weight excluding hydrogens is 386 g/mol. The number of hydrogen-bond acceptors (Lipinski definition) is 5. The topological polar surface area (TPSA) is 80.3 Å². The predicted octanol–water partition coefficient (Wildman–Crippen LogP) is 4.59. The molecule has 1 saturated heterocycles. The molecule has 150 valence electrons. The van der Waals surface area contributed by atoms with E-state index in [4.69, 9.17) is 4.74 Å². The number of amides is 2. The first-order valence-electron chi connectivity index (χ1n) is 9.63. The van der Waals surface area contributed by atoms with Gasteiger partial charge in [0.15, 0.2) is 5.13 Å². The van der Waals surface area contributed by atoms with Gasteiger partial charge < -0.3 is 10.1 Å². The van der Waals surface area contributed by atoms with Gasteiger partial charge in [-0.05, 0) is 62.9 Å². The van der Waals surface area contributed by atoms with E-state index in [9.17, 15) is 9.59 Å². The number of benzene rings is 2. The van der Waals surface area contributed by atoms with Crippen molar-refractivity contribution in [2.45, 2.75) is 39.7 Å². The third kappa shape index (κ3) is 4.16. The summed E-state index contributed by atoms with van der Waals surface area (Å²) in [5.41, 5.74) is 5.38. The van der Waals surface area contributed by atoms with Crippen LogP contribution in [0.25, 0.3) is 10.2 Å². The van der Waals surface area contributed by atoms with Crippen molar-refractivity contribution in [3.8, 4) is 0 Å². The highest BCUT2D eigenvalue weighted by atomic mass is 32.1. The lowest BCUT2D eigenvalue weighted by Crippen LogP contribution is -2.26. The average Bonchev–Trinajstić information content (AvgIpc) is 3.33. The van der Waals surface area contributed by atoms with Crippen LogP contribution in [0.15, 0.2) is 30.3 Å². The van der Waals surface area contributed by atoms with Gasteiger partial charge in [0.2, 0.25) is 0 Å². The highest BCUT2D eigenvalue weighted by Crippen LogP contribution is 2.28. The number of nitrogens with one attached hydrogen (secondary N) is 2. The van der Waals surface area contributed by atoms with Gasteiger partial charge in [-0.15, -0.1) is 0 Å². The number of anilines is 2. The molecule has 2 N–H and O–H groups in total. The quantitative estimate of drug-likeness (QED) is 0.660. The molecule has 7 heteroatoms. The molecule has 1 aliphatic rings. The van der Waals surface area contributed by atoms with Crippen LogP contribution in [0.2, 0.25) is 0 Å². The number of ether oxygens (including phenoxy) is 1. The summed E-state index contributed by atoms with van der Waals surface area (Å²) in [6, 6.07) is 9.47. The second kappa shape index (κ2) is 7.93. The van der Waals surface area contributed by atoms with Crippen LogP contribution in [0.4, 0.5) is 10.8 Å². The Morgan fingerprint density at radius 3 is 2.55 bits per heavy atom. The zero-order chi connectivity index (χ0) is 20.5. The molecular formula is C22H23N3O3S. The van der Waals surface area contributed by atoms with Gasteiger partial charge >= 0.3 is 0 Å². The van der Waals surface area contributed by atoms with Gasteiger partial charge in [-0.3, -0.25) is 14.9 Å². The molecule has 6 nitrogen and oxygen atoms in total. The maximum atomic E-state index is 12.8. The lowest BCUT2D eigenvalue weighted by molar-refractivity contribution is -0.124. The van der Waals surface area contributed by atoms with Gasteiger partial charge in [0, 0.05) is 17.9 Å². The summed E-state index contributed by atoms with van der Waals surface area (Å²) < 4.78 is 6.25. The van der Waals surface area contributed by atoms with E-state index < -0.39 is 6.10 Å². The molecule has 0 radical (unpaired) electrons. The maximum Gasteiger partial charge on any atom is 0.255 e. The lowest BCUT2D eigenvalue weighted by atomic mass is 10.0. The Morgan fingerprint density at radius 1 is 1.10 bits per heavy atom. The Kier molecular flexibility index (Phi) is 5.34. The molecule has 1 unspecified atom stereocenters. The Labute approximate surface area is 173 Å². The minimum absolute atomic E-state index is 0.162. The highest BCUT2D eigenvalue weighted by Gasteiger charge is 2.24. The third-order valence-electron chi connectivity index (χ3n) is 5.02. The molecule has 3 aromatic rings. The summed E-state index contributed by atoms with van der Waals surface area (Å²) in [6.07, 6.45) is 1.24. The molecule has 1 aliphatic heterocycles. The van der Waals surface area contributed by atoms with Crippen molar-refractivity contribution in [1.82, 2.24) is 4.98 Å². The van der Waals surface area contributed by atoms with E-state index in [1.54, 1.807) is 12.1 Å². The molecule has 1 fully saturated rings. The summed E-state index contributed by atoms with van der Waals surface area (Å²) in [7, 11) is 0. The summed E-state index contributed by atoms with van der Waals surface area (Å²) in [6.45, 7) is 6.64. The van der Waals surface area contributed by atoms with Crippen LogP contribution in [-0.4, -0.2) is 29.5 Å². The fourth-order valence-electron chi connectivity index (χ4n) is 3.65. The number of rotatable bonds is 4. The van der Waals surface area contributed by atoms with Gasteiger partial charge in [-0.1, -0.05) is 29.0 Å². The van der Waals surface area contributed by atoms with Crippen molar-refractivity contribution in [2.75, 3.05) is 17.2 Å². The molecule has 1 aromatic heterocycles. The maximum absolute atomic E-state index is 12.8. The molecule has 4 rings (SSSR count). The first-order chi connectivity index (χ1) is 13.9. The number of aryl methyl sites for hydroxylation is 3. The van der Waals surface area contributed by atoms with E-state index >= 15 is 0 Å². The largest absolute Gasteiger partial charge is 0.368 e. The van der Waals surface area contributed by atoms with E-state index in [0.29, 0.717) is 17.3 Å². The van der Waals surface area contributed by atoms with E-state index in [-0.39, 0.29) is 11.8 Å². The van der Waals surface area contributed by atoms with E-state index in [1.165, 1.54) is 16.9 Å². The number of thiazole rings is 1. The molecule has 2 amide bonds. The van der Waals surface area contributed by atoms with Crippen LogP contribution >= 0.6 is 11.3 Å². The Hall–Kier alpha value is -2.77. The van der Waals surface area contributed by atoms with E-state index in [1.807, 2.05) is 26.8 Å². The second-order valence-corrected chi connectivity index (χ2v) is 8.45. The zero-order valence-corrected chi connectivity index (χ0v) is 17.5. The molecule has 2 heterocycles.